The second-order valence-electron chi connectivity index (χ2n) is 5.36. The number of sulfonamides is 1. The number of hydrogen-bond acceptors (Lipinski definition) is 3. The summed E-state index contributed by atoms with van der Waals surface area (Å²) >= 11 is 0. The minimum atomic E-state index is -3.46. The molecule has 5 nitrogen and oxygen atoms in total. The van der Waals surface area contributed by atoms with Crippen molar-refractivity contribution in [1.82, 2.24) is 14.3 Å². The molecule has 2 rings (SSSR count). The van der Waals surface area contributed by atoms with E-state index in [1.165, 1.54) is 0 Å². The lowest BCUT2D eigenvalue weighted by molar-refractivity contribution is 0.377. The lowest BCUT2D eigenvalue weighted by atomic mass is 10.0. The molecule has 0 saturated heterocycles. The van der Waals surface area contributed by atoms with Crippen molar-refractivity contribution in [3.63, 3.8) is 0 Å². The van der Waals surface area contributed by atoms with Crippen LogP contribution >= 0.6 is 0 Å². The van der Waals surface area contributed by atoms with Gasteiger partial charge in [0, 0.05) is 19.0 Å². The molecule has 0 fully saturated rings. The van der Waals surface area contributed by atoms with Gasteiger partial charge in [-0.3, -0.25) is 0 Å². The Kier molecular flexibility index (Phi) is 4.86. The number of aromatic nitrogens is 2. The molecule has 0 amide bonds. The minimum absolute atomic E-state index is 0.265. The molecule has 2 heterocycles. The van der Waals surface area contributed by atoms with E-state index in [9.17, 15) is 8.42 Å². The van der Waals surface area contributed by atoms with Crippen molar-refractivity contribution < 1.29 is 8.42 Å². The fraction of sp³-hybridized carbons (Fsp3) is 0.786. The largest absolute Gasteiger partial charge is 0.328 e. The number of nitrogens with one attached hydrogen (secondary N) is 1. The summed E-state index contributed by atoms with van der Waals surface area (Å²) in [7, 11) is -3.46. The highest BCUT2D eigenvalue weighted by Gasteiger charge is 2.31. The first-order valence-corrected chi connectivity index (χ1v) is 9.13. The fourth-order valence-corrected chi connectivity index (χ4v) is 4.30. The van der Waals surface area contributed by atoms with Gasteiger partial charge < -0.3 is 4.57 Å². The quantitative estimate of drug-likeness (QED) is 0.877. The van der Waals surface area contributed by atoms with E-state index in [2.05, 4.69) is 28.1 Å². The zero-order valence-electron chi connectivity index (χ0n) is 12.6. The van der Waals surface area contributed by atoms with Crippen LogP contribution in [-0.2, 0) is 22.9 Å². The van der Waals surface area contributed by atoms with Crippen LogP contribution in [0.1, 0.15) is 64.0 Å². The zero-order chi connectivity index (χ0) is 14.8. The van der Waals surface area contributed by atoms with Crippen molar-refractivity contribution in [2.45, 2.75) is 70.4 Å². The Morgan fingerprint density at radius 1 is 1.35 bits per heavy atom. The molecule has 0 aliphatic carbocycles. The Labute approximate surface area is 121 Å². The number of aryl methyl sites for hydroxylation is 1. The molecular weight excluding hydrogens is 274 g/mol. The van der Waals surface area contributed by atoms with Gasteiger partial charge in [-0.05, 0) is 32.1 Å². The van der Waals surface area contributed by atoms with Crippen molar-refractivity contribution in [3.05, 3.63) is 11.5 Å². The van der Waals surface area contributed by atoms with Crippen LogP contribution in [0, 0.1) is 0 Å². The Morgan fingerprint density at radius 3 is 2.70 bits per heavy atom. The number of imidazole rings is 1. The van der Waals surface area contributed by atoms with Gasteiger partial charge in [0.05, 0.1) is 5.69 Å². The second kappa shape index (κ2) is 6.26. The van der Waals surface area contributed by atoms with Crippen LogP contribution < -0.4 is 4.72 Å². The van der Waals surface area contributed by atoms with Gasteiger partial charge in [0.25, 0.3) is 10.0 Å². The maximum absolute atomic E-state index is 12.3. The third-order valence-corrected chi connectivity index (χ3v) is 5.40. The molecule has 1 aromatic rings. The molecule has 114 valence electrons. The molecule has 1 N–H and O–H groups in total. The number of rotatable bonds is 6. The molecule has 0 aromatic carbocycles. The standard InChI is InChI=1S/C14H25N3O2S/c1-4-8-13-16-14(20(18,19)15-6-3)12-10-7-9-11(5-2)17(12)13/h11,15H,4-10H2,1-3H3. The summed E-state index contributed by atoms with van der Waals surface area (Å²) in [5, 5.41) is 0.265. The first-order valence-electron chi connectivity index (χ1n) is 7.64. The number of hydrogen-bond donors (Lipinski definition) is 1. The molecule has 1 aromatic heterocycles. The SMILES string of the molecule is CCCc1nc(S(=O)(=O)NCC)c2n1C(CC)CCC2. The van der Waals surface area contributed by atoms with E-state index >= 15 is 0 Å². The van der Waals surface area contributed by atoms with Crippen LogP contribution in [0.3, 0.4) is 0 Å². The van der Waals surface area contributed by atoms with Crippen LogP contribution in [0.4, 0.5) is 0 Å². The van der Waals surface area contributed by atoms with Gasteiger partial charge in [-0.25, -0.2) is 18.1 Å². The molecule has 0 spiro atoms. The fourth-order valence-electron chi connectivity index (χ4n) is 3.05. The first kappa shape index (κ1) is 15.5. The monoisotopic (exact) mass is 299 g/mol. The average Bonchev–Trinajstić information content (AvgIpc) is 2.79. The summed E-state index contributed by atoms with van der Waals surface area (Å²) in [6, 6.07) is 0.401. The third-order valence-electron chi connectivity index (χ3n) is 3.90. The van der Waals surface area contributed by atoms with Crippen molar-refractivity contribution in [2.24, 2.45) is 0 Å². The Bertz CT molecular complexity index is 563. The lowest BCUT2D eigenvalue weighted by Crippen LogP contribution is -2.26. The van der Waals surface area contributed by atoms with E-state index in [0.29, 0.717) is 12.6 Å². The number of nitrogens with zero attached hydrogens (tertiary/aromatic N) is 2. The molecule has 20 heavy (non-hydrogen) atoms. The molecule has 1 aliphatic rings. The summed E-state index contributed by atoms with van der Waals surface area (Å²) in [4.78, 5) is 4.48. The van der Waals surface area contributed by atoms with Crippen LogP contribution in [0.25, 0.3) is 0 Å². The van der Waals surface area contributed by atoms with E-state index in [4.69, 9.17) is 0 Å². The zero-order valence-corrected chi connectivity index (χ0v) is 13.5. The highest BCUT2D eigenvalue weighted by Crippen LogP contribution is 2.33. The summed E-state index contributed by atoms with van der Waals surface area (Å²) in [5.74, 6) is 0.936. The smallest absolute Gasteiger partial charge is 0.259 e. The minimum Gasteiger partial charge on any atom is -0.328 e. The van der Waals surface area contributed by atoms with Crippen LogP contribution in [0.5, 0.6) is 0 Å². The second-order valence-corrected chi connectivity index (χ2v) is 7.04. The Balaban J connectivity index is 2.55. The predicted molar refractivity (Wildman–Crippen MR) is 79.4 cm³/mol. The van der Waals surface area contributed by atoms with Crippen molar-refractivity contribution in [2.75, 3.05) is 6.54 Å². The van der Waals surface area contributed by atoms with Gasteiger partial charge >= 0.3 is 0 Å². The average molecular weight is 299 g/mol. The Morgan fingerprint density at radius 2 is 2.10 bits per heavy atom. The molecule has 6 heteroatoms. The van der Waals surface area contributed by atoms with E-state index < -0.39 is 10.0 Å². The van der Waals surface area contributed by atoms with Gasteiger partial charge in [0.2, 0.25) is 0 Å². The number of fused-ring (bicyclic) bond motifs is 1. The topological polar surface area (TPSA) is 64.0 Å². The molecule has 0 bridgehead atoms. The predicted octanol–water partition coefficient (Wildman–Crippen LogP) is 2.42. The van der Waals surface area contributed by atoms with Crippen LogP contribution in [0.15, 0.2) is 5.03 Å². The van der Waals surface area contributed by atoms with Gasteiger partial charge in [-0.15, -0.1) is 0 Å². The van der Waals surface area contributed by atoms with E-state index in [0.717, 1.165) is 50.0 Å². The van der Waals surface area contributed by atoms with Crippen molar-refractivity contribution in [3.8, 4) is 0 Å². The van der Waals surface area contributed by atoms with Crippen LogP contribution in [0.2, 0.25) is 0 Å². The van der Waals surface area contributed by atoms with Gasteiger partial charge in [-0.1, -0.05) is 20.8 Å². The van der Waals surface area contributed by atoms with Crippen molar-refractivity contribution in [1.29, 1.82) is 0 Å². The molecule has 1 aliphatic heterocycles. The summed E-state index contributed by atoms with van der Waals surface area (Å²) < 4.78 is 29.4. The van der Waals surface area contributed by atoms with Gasteiger partial charge in [0.1, 0.15) is 5.82 Å². The summed E-state index contributed by atoms with van der Waals surface area (Å²) in [6.07, 6.45) is 5.83. The van der Waals surface area contributed by atoms with E-state index in [1.807, 2.05) is 0 Å². The van der Waals surface area contributed by atoms with Crippen molar-refractivity contribution >= 4 is 10.0 Å². The van der Waals surface area contributed by atoms with Gasteiger partial charge in [0.15, 0.2) is 5.03 Å². The highest BCUT2D eigenvalue weighted by molar-refractivity contribution is 7.89. The molecular formula is C14H25N3O2S. The van der Waals surface area contributed by atoms with E-state index in [1.54, 1.807) is 6.92 Å². The molecule has 0 saturated carbocycles. The highest BCUT2D eigenvalue weighted by atomic mass is 32.2. The summed E-state index contributed by atoms with van der Waals surface area (Å²) in [6.45, 7) is 6.45. The summed E-state index contributed by atoms with van der Waals surface area (Å²) in [5.41, 5.74) is 0.910. The maximum Gasteiger partial charge on any atom is 0.259 e. The first-order chi connectivity index (χ1) is 9.55. The Hall–Kier alpha value is -0.880. The molecule has 1 atom stereocenters. The molecule has 1 unspecified atom stereocenters. The lowest BCUT2D eigenvalue weighted by Gasteiger charge is -2.26. The van der Waals surface area contributed by atoms with Crippen LogP contribution in [-0.4, -0.2) is 24.5 Å². The molecule has 0 radical (unpaired) electrons. The normalized spacial score (nSPS) is 19.1. The maximum atomic E-state index is 12.3. The third kappa shape index (κ3) is 2.76. The van der Waals surface area contributed by atoms with Gasteiger partial charge in [-0.2, -0.15) is 0 Å². The van der Waals surface area contributed by atoms with E-state index in [-0.39, 0.29) is 5.03 Å².